The van der Waals surface area contributed by atoms with Crippen molar-refractivity contribution in [3.8, 4) is 16.9 Å². The minimum absolute atomic E-state index is 0.169. The number of rotatable bonds is 3. The molecule has 1 fully saturated rings. The highest BCUT2D eigenvalue weighted by Crippen LogP contribution is 2.45. The van der Waals surface area contributed by atoms with E-state index < -0.39 is 23.1 Å². The second kappa shape index (κ2) is 8.16. The number of benzene rings is 2. The molecule has 0 bridgehead atoms. The van der Waals surface area contributed by atoms with Gasteiger partial charge in [-0.25, -0.2) is 0 Å². The second-order valence-corrected chi connectivity index (χ2v) is 10.6. The maximum Gasteiger partial charge on any atom is 0.573 e. The number of alkyl halides is 3. The molecule has 2 amide bonds. The number of ether oxygens (including phenoxy) is 2. The summed E-state index contributed by atoms with van der Waals surface area (Å²) in [4.78, 5) is 23.6. The number of fused-ring (bicyclic) bond motifs is 1. The first-order valence-electron chi connectivity index (χ1n) is 10.6. The van der Waals surface area contributed by atoms with Crippen molar-refractivity contribution in [2.24, 2.45) is 0 Å². The van der Waals surface area contributed by atoms with Crippen LogP contribution >= 0.6 is 11.8 Å². The van der Waals surface area contributed by atoms with Crippen LogP contribution in [0.15, 0.2) is 35.2 Å². The maximum absolute atomic E-state index is 13.2. The van der Waals surface area contributed by atoms with Gasteiger partial charge in [0.2, 0.25) is 0 Å². The van der Waals surface area contributed by atoms with E-state index >= 15 is 0 Å². The number of hydrogen-bond donors (Lipinski definition) is 1. The normalized spacial score (nSPS) is 20.3. The van der Waals surface area contributed by atoms with E-state index in [2.05, 4.69) is 10.1 Å². The molecule has 0 unspecified atom stereocenters. The molecule has 2 aromatic rings. The summed E-state index contributed by atoms with van der Waals surface area (Å²) < 4.78 is 50.1. The van der Waals surface area contributed by atoms with Crippen LogP contribution in [0.2, 0.25) is 0 Å². The zero-order valence-corrected chi connectivity index (χ0v) is 20.2. The molecule has 2 heterocycles. The van der Waals surface area contributed by atoms with E-state index in [0.29, 0.717) is 17.7 Å². The predicted octanol–water partition coefficient (Wildman–Crippen LogP) is 6.43. The van der Waals surface area contributed by atoms with Crippen LogP contribution in [-0.2, 0) is 20.5 Å². The first-order valence-corrected chi connectivity index (χ1v) is 11.4. The van der Waals surface area contributed by atoms with Crippen molar-refractivity contribution in [3.05, 3.63) is 57.5 Å². The Bertz CT molecular complexity index is 1230. The minimum Gasteiger partial charge on any atom is -0.405 e. The number of carbonyl (C=O) groups excluding carboxylic acids is 2. The molecule has 9 heteroatoms. The Kier molecular flexibility index (Phi) is 5.85. The molecule has 0 aromatic heterocycles. The van der Waals surface area contributed by atoms with E-state index in [0.717, 1.165) is 28.5 Å². The van der Waals surface area contributed by atoms with Gasteiger partial charge < -0.3 is 9.47 Å². The van der Waals surface area contributed by atoms with Gasteiger partial charge in [0.1, 0.15) is 5.75 Å². The summed E-state index contributed by atoms with van der Waals surface area (Å²) in [5.74, 6) is -0.887. The zero-order chi connectivity index (χ0) is 25.1. The van der Waals surface area contributed by atoms with E-state index in [9.17, 15) is 22.8 Å². The van der Waals surface area contributed by atoms with Crippen molar-refractivity contribution in [2.75, 3.05) is 6.61 Å². The van der Waals surface area contributed by atoms with Crippen LogP contribution in [0.5, 0.6) is 5.75 Å². The van der Waals surface area contributed by atoms with Gasteiger partial charge in [-0.15, -0.1) is 13.2 Å². The molecular formula is C25H24F3NO4S. The monoisotopic (exact) mass is 491 g/mol. The number of thioether (sulfide) groups is 1. The molecule has 4 rings (SSSR count). The van der Waals surface area contributed by atoms with Gasteiger partial charge >= 0.3 is 6.36 Å². The van der Waals surface area contributed by atoms with Crippen molar-refractivity contribution < 1.29 is 32.2 Å². The summed E-state index contributed by atoms with van der Waals surface area (Å²) in [5, 5.41) is 1.67. The highest BCUT2D eigenvalue weighted by Gasteiger charge is 2.39. The van der Waals surface area contributed by atoms with E-state index in [1.165, 1.54) is 24.3 Å². The van der Waals surface area contributed by atoms with Crippen LogP contribution in [0, 0.1) is 6.92 Å². The van der Waals surface area contributed by atoms with Crippen LogP contribution in [-0.4, -0.2) is 24.1 Å². The topological polar surface area (TPSA) is 64.6 Å². The van der Waals surface area contributed by atoms with Crippen molar-refractivity contribution in [2.45, 2.75) is 52.0 Å². The number of carbonyl (C=O) groups is 2. The Morgan fingerprint density at radius 3 is 2.38 bits per heavy atom. The third-order valence-corrected chi connectivity index (χ3v) is 6.81. The molecular weight excluding hydrogens is 467 g/mol. The SMILES string of the molecule is Cc1cc2c(cc1-c1cc(C=C3SC(=O)NC3=O)ccc1OC(F)(F)F)C(C)(C)COC2(C)C. The fourth-order valence-corrected chi connectivity index (χ4v) is 4.89. The lowest BCUT2D eigenvalue weighted by Gasteiger charge is -2.42. The molecule has 180 valence electrons. The first kappa shape index (κ1) is 24.3. The summed E-state index contributed by atoms with van der Waals surface area (Å²) in [7, 11) is 0. The average Bonchev–Trinajstić information content (AvgIpc) is 3.02. The zero-order valence-electron chi connectivity index (χ0n) is 19.3. The van der Waals surface area contributed by atoms with Crippen LogP contribution in [0.1, 0.15) is 49.9 Å². The largest absolute Gasteiger partial charge is 0.573 e. The number of nitrogens with one attached hydrogen (secondary N) is 1. The minimum atomic E-state index is -4.88. The number of hydrogen-bond acceptors (Lipinski definition) is 5. The molecule has 5 nitrogen and oxygen atoms in total. The summed E-state index contributed by atoms with van der Waals surface area (Å²) in [6, 6.07) is 8.05. The highest BCUT2D eigenvalue weighted by molar-refractivity contribution is 8.18. The van der Waals surface area contributed by atoms with Gasteiger partial charge in [0.25, 0.3) is 11.1 Å². The van der Waals surface area contributed by atoms with Gasteiger partial charge in [-0.1, -0.05) is 26.0 Å². The summed E-state index contributed by atoms with van der Waals surface area (Å²) in [6.45, 7) is 10.3. The molecule has 0 saturated carbocycles. The van der Waals surface area contributed by atoms with E-state index in [1.807, 2.05) is 46.8 Å². The summed E-state index contributed by atoms with van der Waals surface area (Å²) in [6.07, 6.45) is -3.40. The van der Waals surface area contributed by atoms with E-state index in [1.54, 1.807) is 0 Å². The van der Waals surface area contributed by atoms with Gasteiger partial charge in [-0.3, -0.25) is 14.9 Å². The molecule has 0 spiro atoms. The smallest absolute Gasteiger partial charge is 0.405 e. The van der Waals surface area contributed by atoms with Crippen molar-refractivity contribution in [1.29, 1.82) is 0 Å². The number of amides is 2. The lowest BCUT2D eigenvalue weighted by Crippen LogP contribution is -2.40. The molecule has 2 aliphatic rings. The van der Waals surface area contributed by atoms with Crippen LogP contribution in [0.3, 0.4) is 0 Å². The van der Waals surface area contributed by atoms with Crippen LogP contribution < -0.4 is 10.1 Å². The molecule has 34 heavy (non-hydrogen) atoms. The van der Waals surface area contributed by atoms with Gasteiger partial charge in [0.15, 0.2) is 0 Å². The predicted molar refractivity (Wildman–Crippen MR) is 124 cm³/mol. The Morgan fingerprint density at radius 1 is 1.06 bits per heavy atom. The number of imide groups is 1. The van der Waals surface area contributed by atoms with E-state index in [4.69, 9.17) is 4.74 Å². The lowest BCUT2D eigenvalue weighted by atomic mass is 9.73. The van der Waals surface area contributed by atoms with Crippen LogP contribution in [0.4, 0.5) is 18.0 Å². The van der Waals surface area contributed by atoms with Gasteiger partial charge in [0.05, 0.1) is 17.1 Å². The van der Waals surface area contributed by atoms with Gasteiger partial charge in [0, 0.05) is 11.0 Å². The lowest BCUT2D eigenvalue weighted by molar-refractivity contribution is -0.274. The van der Waals surface area contributed by atoms with Crippen molar-refractivity contribution in [1.82, 2.24) is 5.32 Å². The fraction of sp³-hybridized carbons (Fsp3) is 0.360. The molecule has 0 radical (unpaired) electrons. The Labute approximate surface area is 199 Å². The van der Waals surface area contributed by atoms with Gasteiger partial charge in [-0.05, 0) is 84.6 Å². The third-order valence-electron chi connectivity index (χ3n) is 6.00. The highest BCUT2D eigenvalue weighted by atomic mass is 32.2. The summed E-state index contributed by atoms with van der Waals surface area (Å²) in [5.41, 5.74) is 3.14. The average molecular weight is 492 g/mol. The number of aryl methyl sites for hydroxylation is 1. The Hall–Kier alpha value is -2.78. The standard InChI is InChI=1S/C25H24F3NO4S/c1-13-8-18-17(23(2,3)12-32-24(18,4)5)11-15(13)16-9-14(6-7-19(16)33-25(26,27)28)10-20-21(30)29-22(31)34-20/h6-11H,12H2,1-5H3,(H,29,30,31). The Balaban J connectivity index is 1.91. The van der Waals surface area contributed by atoms with Gasteiger partial charge in [-0.2, -0.15) is 0 Å². The fourth-order valence-electron chi connectivity index (χ4n) is 4.21. The molecule has 0 atom stereocenters. The number of halogens is 3. The van der Waals surface area contributed by atoms with Crippen LogP contribution in [0.25, 0.3) is 17.2 Å². The molecule has 2 aliphatic heterocycles. The third kappa shape index (κ3) is 4.72. The first-order chi connectivity index (χ1) is 15.7. The summed E-state index contributed by atoms with van der Waals surface area (Å²) >= 11 is 0.742. The maximum atomic E-state index is 13.2. The van der Waals surface area contributed by atoms with Crippen molar-refractivity contribution >= 4 is 29.0 Å². The quantitative estimate of drug-likeness (QED) is 0.502. The van der Waals surface area contributed by atoms with Crippen molar-refractivity contribution in [3.63, 3.8) is 0 Å². The molecule has 0 aliphatic carbocycles. The second-order valence-electron chi connectivity index (χ2n) is 9.55. The molecule has 2 aromatic carbocycles. The van der Waals surface area contributed by atoms with E-state index in [-0.39, 0.29) is 21.6 Å². The Morgan fingerprint density at radius 2 is 1.76 bits per heavy atom. The molecule has 1 saturated heterocycles. The molecule has 1 N–H and O–H groups in total.